The third-order valence-electron chi connectivity index (χ3n) is 1.55. The first kappa shape index (κ1) is 10.0. The molecule has 0 aliphatic heterocycles. The standard InChI is InChI=1S/C7H11N3O2S/c1-7(2,6(11)12)13-5-4-8-9-10(5)3/h4H,1-3H3,(H,11,12). The van der Waals surface area contributed by atoms with Gasteiger partial charge in [-0.1, -0.05) is 17.0 Å². The number of carboxylic acids is 1. The third kappa shape index (κ3) is 2.21. The Labute approximate surface area is 80.1 Å². The molecule has 0 aliphatic carbocycles. The Bertz CT molecular complexity index is 321. The molecule has 1 rings (SSSR count). The Hall–Kier alpha value is -1.04. The Morgan fingerprint density at radius 2 is 2.31 bits per heavy atom. The van der Waals surface area contributed by atoms with Gasteiger partial charge >= 0.3 is 5.97 Å². The van der Waals surface area contributed by atoms with Crippen LogP contribution >= 0.6 is 11.8 Å². The molecule has 0 atom stereocenters. The second-order valence-electron chi connectivity index (χ2n) is 3.11. The zero-order valence-electron chi connectivity index (χ0n) is 7.68. The predicted molar refractivity (Wildman–Crippen MR) is 48.6 cm³/mol. The number of rotatable bonds is 3. The van der Waals surface area contributed by atoms with Gasteiger partial charge in [0.25, 0.3) is 0 Å². The molecule has 1 N–H and O–H groups in total. The van der Waals surface area contributed by atoms with Crippen LogP contribution in [-0.2, 0) is 11.8 Å². The highest BCUT2D eigenvalue weighted by Crippen LogP contribution is 2.31. The molecular formula is C7H11N3O2S. The number of hydrogen-bond acceptors (Lipinski definition) is 4. The molecule has 13 heavy (non-hydrogen) atoms. The molecule has 1 heterocycles. The van der Waals surface area contributed by atoms with Crippen LogP contribution < -0.4 is 0 Å². The highest BCUT2D eigenvalue weighted by Gasteiger charge is 2.29. The number of carbonyl (C=O) groups is 1. The van der Waals surface area contributed by atoms with Gasteiger partial charge in [-0.25, -0.2) is 4.68 Å². The molecule has 5 nitrogen and oxygen atoms in total. The van der Waals surface area contributed by atoms with E-state index in [1.54, 1.807) is 31.8 Å². The number of aromatic nitrogens is 3. The summed E-state index contributed by atoms with van der Waals surface area (Å²) in [6.45, 7) is 3.29. The normalized spacial score (nSPS) is 11.6. The summed E-state index contributed by atoms with van der Waals surface area (Å²) in [5.74, 6) is -0.848. The van der Waals surface area contributed by atoms with E-state index < -0.39 is 10.7 Å². The van der Waals surface area contributed by atoms with Crippen molar-refractivity contribution in [3.05, 3.63) is 6.20 Å². The Balaban J connectivity index is 2.80. The molecule has 0 saturated carbocycles. The summed E-state index contributed by atoms with van der Waals surface area (Å²) in [5, 5.41) is 17.0. The number of aliphatic carboxylic acids is 1. The molecule has 0 fully saturated rings. The SMILES string of the molecule is Cn1nncc1SC(C)(C)C(=O)O. The van der Waals surface area contributed by atoms with E-state index in [4.69, 9.17) is 5.11 Å². The van der Waals surface area contributed by atoms with Crippen LogP contribution in [0, 0.1) is 0 Å². The quantitative estimate of drug-likeness (QED) is 0.731. The summed E-state index contributed by atoms with van der Waals surface area (Å²) in [5.41, 5.74) is 0. The van der Waals surface area contributed by atoms with Crippen molar-refractivity contribution in [2.24, 2.45) is 7.05 Å². The van der Waals surface area contributed by atoms with Crippen LogP contribution in [0.5, 0.6) is 0 Å². The van der Waals surface area contributed by atoms with Gasteiger partial charge in [-0.15, -0.1) is 5.10 Å². The highest BCUT2D eigenvalue weighted by molar-refractivity contribution is 8.01. The van der Waals surface area contributed by atoms with Gasteiger partial charge in [-0.2, -0.15) is 0 Å². The average molecular weight is 201 g/mol. The third-order valence-corrected chi connectivity index (χ3v) is 2.81. The van der Waals surface area contributed by atoms with Crippen molar-refractivity contribution in [2.75, 3.05) is 0 Å². The van der Waals surface area contributed by atoms with Crippen molar-refractivity contribution in [3.8, 4) is 0 Å². The van der Waals surface area contributed by atoms with Gasteiger partial charge in [0.2, 0.25) is 0 Å². The molecule has 0 bridgehead atoms. The Morgan fingerprint density at radius 3 is 2.69 bits per heavy atom. The monoisotopic (exact) mass is 201 g/mol. The van der Waals surface area contributed by atoms with E-state index in [2.05, 4.69) is 10.3 Å². The Kier molecular flexibility index (Phi) is 2.60. The van der Waals surface area contributed by atoms with E-state index in [1.807, 2.05) is 0 Å². The van der Waals surface area contributed by atoms with E-state index in [9.17, 15) is 4.79 Å². The Morgan fingerprint density at radius 1 is 1.69 bits per heavy atom. The number of hydrogen-bond donors (Lipinski definition) is 1. The zero-order chi connectivity index (χ0) is 10.1. The van der Waals surface area contributed by atoms with Crippen molar-refractivity contribution in [2.45, 2.75) is 23.6 Å². The van der Waals surface area contributed by atoms with Gasteiger partial charge in [0.05, 0.1) is 6.20 Å². The molecular weight excluding hydrogens is 190 g/mol. The minimum atomic E-state index is -0.852. The first-order chi connectivity index (χ1) is 5.93. The van der Waals surface area contributed by atoms with Crippen molar-refractivity contribution in [1.82, 2.24) is 15.0 Å². The summed E-state index contributed by atoms with van der Waals surface area (Å²) in [7, 11) is 1.73. The van der Waals surface area contributed by atoms with Gasteiger partial charge in [-0.05, 0) is 13.8 Å². The number of thioether (sulfide) groups is 1. The smallest absolute Gasteiger partial charge is 0.319 e. The van der Waals surface area contributed by atoms with E-state index in [0.717, 1.165) is 5.03 Å². The van der Waals surface area contributed by atoms with Crippen molar-refractivity contribution >= 4 is 17.7 Å². The van der Waals surface area contributed by atoms with Crippen LogP contribution in [0.3, 0.4) is 0 Å². The molecule has 1 aromatic heterocycles. The molecule has 6 heteroatoms. The minimum Gasteiger partial charge on any atom is -0.480 e. The summed E-state index contributed by atoms with van der Waals surface area (Å²) < 4.78 is 0.699. The average Bonchev–Trinajstić information content (AvgIpc) is 2.35. The summed E-state index contributed by atoms with van der Waals surface area (Å²) in [6, 6.07) is 0. The molecule has 0 aliphatic rings. The maximum atomic E-state index is 10.8. The minimum absolute atomic E-state index is 0.743. The number of carboxylic acid groups (broad SMARTS) is 1. The lowest BCUT2D eigenvalue weighted by Crippen LogP contribution is -2.27. The van der Waals surface area contributed by atoms with Gasteiger partial charge in [-0.3, -0.25) is 4.79 Å². The predicted octanol–water partition coefficient (Wildman–Crippen LogP) is 0.770. The first-order valence-electron chi connectivity index (χ1n) is 3.70. The van der Waals surface area contributed by atoms with Crippen LogP contribution in [0.1, 0.15) is 13.8 Å². The summed E-state index contributed by atoms with van der Waals surface area (Å²) in [6.07, 6.45) is 1.55. The van der Waals surface area contributed by atoms with Gasteiger partial charge in [0.15, 0.2) is 0 Å². The lowest BCUT2D eigenvalue weighted by Gasteiger charge is -2.17. The largest absolute Gasteiger partial charge is 0.480 e. The molecule has 1 aromatic rings. The summed E-state index contributed by atoms with van der Waals surface area (Å²) in [4.78, 5) is 10.8. The van der Waals surface area contributed by atoms with Crippen LogP contribution in [0.4, 0.5) is 0 Å². The van der Waals surface area contributed by atoms with Crippen LogP contribution in [0.15, 0.2) is 11.2 Å². The first-order valence-corrected chi connectivity index (χ1v) is 4.52. The van der Waals surface area contributed by atoms with E-state index in [0.29, 0.717) is 0 Å². The zero-order valence-corrected chi connectivity index (χ0v) is 8.50. The molecule has 0 radical (unpaired) electrons. The second-order valence-corrected chi connectivity index (χ2v) is 4.76. The molecule has 0 amide bonds. The molecule has 0 saturated heterocycles. The van der Waals surface area contributed by atoms with Crippen molar-refractivity contribution in [1.29, 1.82) is 0 Å². The molecule has 0 aromatic carbocycles. The second kappa shape index (κ2) is 3.37. The molecule has 72 valence electrons. The molecule has 0 unspecified atom stereocenters. The van der Waals surface area contributed by atoms with Crippen LogP contribution in [0.2, 0.25) is 0 Å². The maximum absolute atomic E-state index is 10.8. The van der Waals surface area contributed by atoms with Crippen molar-refractivity contribution < 1.29 is 9.90 Å². The fourth-order valence-electron chi connectivity index (χ4n) is 0.678. The maximum Gasteiger partial charge on any atom is 0.319 e. The summed E-state index contributed by atoms with van der Waals surface area (Å²) >= 11 is 1.23. The van der Waals surface area contributed by atoms with Crippen molar-refractivity contribution in [3.63, 3.8) is 0 Å². The number of aryl methyl sites for hydroxylation is 1. The van der Waals surface area contributed by atoms with E-state index in [-0.39, 0.29) is 0 Å². The number of nitrogens with zero attached hydrogens (tertiary/aromatic N) is 3. The highest BCUT2D eigenvalue weighted by atomic mass is 32.2. The van der Waals surface area contributed by atoms with Gasteiger partial charge in [0, 0.05) is 7.05 Å². The van der Waals surface area contributed by atoms with E-state index in [1.165, 1.54) is 11.8 Å². The topological polar surface area (TPSA) is 68.0 Å². The fraction of sp³-hybridized carbons (Fsp3) is 0.571. The van der Waals surface area contributed by atoms with E-state index >= 15 is 0 Å². The van der Waals surface area contributed by atoms with Gasteiger partial charge < -0.3 is 5.11 Å². The lowest BCUT2D eigenvalue weighted by atomic mass is 10.2. The molecule has 0 spiro atoms. The van der Waals surface area contributed by atoms with Crippen LogP contribution in [0.25, 0.3) is 0 Å². The fourth-order valence-corrected chi connectivity index (χ4v) is 1.56. The van der Waals surface area contributed by atoms with Crippen LogP contribution in [-0.4, -0.2) is 30.8 Å². The van der Waals surface area contributed by atoms with Gasteiger partial charge in [0.1, 0.15) is 9.77 Å². The lowest BCUT2D eigenvalue weighted by molar-refractivity contribution is -0.138.